The summed E-state index contributed by atoms with van der Waals surface area (Å²) in [6.45, 7) is 10.8. The molecule has 1 amide bonds. The zero-order valence-electron chi connectivity index (χ0n) is 27.8. The zero-order valence-corrected chi connectivity index (χ0v) is 28.6. The summed E-state index contributed by atoms with van der Waals surface area (Å²) in [7, 11) is -3.81. The van der Waals surface area contributed by atoms with E-state index in [1.54, 1.807) is 77.3 Å². The third kappa shape index (κ3) is 8.46. The number of likely N-dealkylation sites (tertiary alicyclic amines) is 1. The van der Waals surface area contributed by atoms with Crippen LogP contribution in [-0.2, 0) is 14.8 Å². The fourth-order valence-corrected chi connectivity index (χ4v) is 6.96. The highest BCUT2D eigenvalue weighted by molar-refractivity contribution is 7.92. The SMILES string of the molecule is Cc1ccc2c(NS(=O)(=O)CC(C)C)c(F)ccc2c1Oc1ncccc1-c1ccnc(N[C@H]2C[C@H](F)CN(C(=O)OC(C)(C)C)C2)n1. The number of amides is 1. The molecular formula is C34H40F2N6O5S. The van der Waals surface area contributed by atoms with Gasteiger partial charge in [-0.1, -0.05) is 26.0 Å². The second-order valence-electron chi connectivity index (χ2n) is 13.3. The number of hydrogen-bond acceptors (Lipinski definition) is 9. The van der Waals surface area contributed by atoms with E-state index in [1.165, 1.54) is 17.0 Å². The number of aromatic nitrogens is 3. The largest absolute Gasteiger partial charge is 0.444 e. The van der Waals surface area contributed by atoms with Gasteiger partial charge in [-0.15, -0.1) is 0 Å². The van der Waals surface area contributed by atoms with Gasteiger partial charge in [-0.2, -0.15) is 0 Å². The average molecular weight is 683 g/mol. The molecule has 4 aromatic rings. The number of aryl methyl sites for hydroxylation is 1. The van der Waals surface area contributed by atoms with Gasteiger partial charge in [0, 0.05) is 42.2 Å². The topological polar surface area (TPSA) is 136 Å². The van der Waals surface area contributed by atoms with Crippen LogP contribution >= 0.6 is 0 Å². The molecule has 2 N–H and O–H groups in total. The van der Waals surface area contributed by atoms with Crippen molar-refractivity contribution in [1.29, 1.82) is 0 Å². The average Bonchev–Trinajstić information content (AvgIpc) is 2.98. The van der Waals surface area contributed by atoms with Gasteiger partial charge in [0.2, 0.25) is 21.9 Å². The van der Waals surface area contributed by atoms with Crippen molar-refractivity contribution in [3.63, 3.8) is 0 Å². The number of ether oxygens (including phenoxy) is 2. The van der Waals surface area contributed by atoms with Crippen LogP contribution in [0, 0.1) is 18.7 Å². The van der Waals surface area contributed by atoms with Crippen molar-refractivity contribution in [2.75, 3.05) is 28.9 Å². The number of carbonyl (C=O) groups is 1. The molecule has 0 spiro atoms. The van der Waals surface area contributed by atoms with Crippen molar-refractivity contribution in [3.05, 3.63) is 66.2 Å². The van der Waals surface area contributed by atoms with E-state index in [2.05, 4.69) is 25.0 Å². The first kappa shape index (κ1) is 34.7. The molecule has 5 rings (SSSR count). The zero-order chi connectivity index (χ0) is 34.8. The van der Waals surface area contributed by atoms with Gasteiger partial charge in [0.1, 0.15) is 23.3 Å². The summed E-state index contributed by atoms with van der Waals surface area (Å²) >= 11 is 0. The first-order chi connectivity index (χ1) is 22.6. The third-order valence-corrected chi connectivity index (χ3v) is 9.01. The predicted octanol–water partition coefficient (Wildman–Crippen LogP) is 7.09. The second-order valence-corrected chi connectivity index (χ2v) is 15.1. The normalized spacial score (nSPS) is 17.0. The molecular weight excluding hydrogens is 642 g/mol. The van der Waals surface area contributed by atoms with Crippen LogP contribution in [0.5, 0.6) is 11.6 Å². The van der Waals surface area contributed by atoms with Gasteiger partial charge in [0.05, 0.1) is 29.2 Å². The van der Waals surface area contributed by atoms with E-state index in [0.717, 1.165) is 0 Å². The molecule has 0 saturated carbocycles. The number of halogens is 2. The van der Waals surface area contributed by atoms with Crippen molar-refractivity contribution in [2.45, 2.75) is 65.8 Å². The standard InChI is InChI=1S/C34H40F2N6O5S/c1-20(2)19-48(44,45)41-29-24-10-9-21(3)30(25(24)11-12-27(29)36)46-31-26(8-7-14-37-31)28-13-15-38-32(40-28)39-23-16-22(35)17-42(18-23)33(43)47-34(4,5)6/h7-15,20,22-23,41H,16-19H2,1-6H3,(H,38,39,40)/t22-,23-/m0/s1. The van der Waals surface area contributed by atoms with Gasteiger partial charge in [-0.3, -0.25) is 4.72 Å². The van der Waals surface area contributed by atoms with Crippen LogP contribution in [0.3, 0.4) is 0 Å². The van der Waals surface area contributed by atoms with Gasteiger partial charge >= 0.3 is 6.09 Å². The van der Waals surface area contributed by atoms with Crippen LogP contribution in [0.2, 0.25) is 0 Å². The van der Waals surface area contributed by atoms with E-state index in [0.29, 0.717) is 33.3 Å². The Morgan fingerprint density at radius 2 is 1.81 bits per heavy atom. The lowest BCUT2D eigenvalue weighted by Crippen LogP contribution is -2.51. The third-order valence-electron chi connectivity index (χ3n) is 7.39. The highest BCUT2D eigenvalue weighted by atomic mass is 32.2. The first-order valence-corrected chi connectivity index (χ1v) is 17.3. The van der Waals surface area contributed by atoms with Crippen LogP contribution in [0.25, 0.3) is 22.0 Å². The number of benzene rings is 2. The summed E-state index contributed by atoms with van der Waals surface area (Å²) in [5.41, 5.74) is 0.812. The van der Waals surface area contributed by atoms with E-state index in [4.69, 9.17) is 9.47 Å². The van der Waals surface area contributed by atoms with Crippen molar-refractivity contribution in [3.8, 4) is 22.9 Å². The lowest BCUT2D eigenvalue weighted by Gasteiger charge is -2.36. The van der Waals surface area contributed by atoms with E-state index < -0.39 is 39.7 Å². The molecule has 0 radical (unpaired) electrons. The van der Waals surface area contributed by atoms with E-state index in [1.807, 2.05) is 6.92 Å². The van der Waals surface area contributed by atoms with Gasteiger partial charge in [-0.05, 0) is 69.5 Å². The molecule has 1 aliphatic heterocycles. The maximum absolute atomic E-state index is 15.0. The second kappa shape index (κ2) is 13.9. The fourth-order valence-electron chi connectivity index (χ4n) is 5.48. The quantitative estimate of drug-likeness (QED) is 0.190. The Morgan fingerprint density at radius 3 is 2.54 bits per heavy atom. The minimum absolute atomic E-state index is 0.0596. The van der Waals surface area contributed by atoms with E-state index in [9.17, 15) is 17.6 Å². The molecule has 48 heavy (non-hydrogen) atoms. The van der Waals surface area contributed by atoms with Crippen LogP contribution in [0.15, 0.2) is 54.9 Å². The van der Waals surface area contributed by atoms with Crippen molar-refractivity contribution >= 4 is 38.5 Å². The number of piperidine rings is 1. The molecule has 0 unspecified atom stereocenters. The maximum atomic E-state index is 15.0. The number of fused-ring (bicyclic) bond motifs is 1. The highest BCUT2D eigenvalue weighted by Crippen LogP contribution is 2.40. The van der Waals surface area contributed by atoms with Gasteiger partial charge in [0.15, 0.2) is 0 Å². The molecule has 2 aromatic heterocycles. The Kier molecular flexibility index (Phi) is 10.0. The lowest BCUT2D eigenvalue weighted by atomic mass is 10.0. The monoisotopic (exact) mass is 682 g/mol. The van der Waals surface area contributed by atoms with Crippen molar-refractivity contribution in [2.24, 2.45) is 5.92 Å². The van der Waals surface area contributed by atoms with Gasteiger partial charge < -0.3 is 19.7 Å². The number of pyridine rings is 1. The Hall–Kier alpha value is -4.59. The Morgan fingerprint density at radius 1 is 1.06 bits per heavy atom. The summed E-state index contributed by atoms with van der Waals surface area (Å²) in [6.07, 6.45) is 1.41. The number of anilines is 2. The Labute approximate surface area is 279 Å². The van der Waals surface area contributed by atoms with E-state index in [-0.39, 0.29) is 48.7 Å². The molecule has 0 aliphatic carbocycles. The Balaban J connectivity index is 1.42. The minimum Gasteiger partial charge on any atom is -0.444 e. The van der Waals surface area contributed by atoms with Gasteiger partial charge in [-0.25, -0.2) is 36.9 Å². The van der Waals surface area contributed by atoms with Crippen LogP contribution in [-0.4, -0.2) is 71.0 Å². The molecule has 1 aliphatic rings. The van der Waals surface area contributed by atoms with Crippen LogP contribution in [0.1, 0.15) is 46.6 Å². The van der Waals surface area contributed by atoms with E-state index >= 15 is 4.39 Å². The summed E-state index contributed by atoms with van der Waals surface area (Å²) in [5.74, 6) is -0.250. The fraction of sp³-hybridized carbons (Fsp3) is 0.412. The predicted molar refractivity (Wildman–Crippen MR) is 181 cm³/mol. The number of alkyl halides is 1. The molecule has 3 heterocycles. The summed E-state index contributed by atoms with van der Waals surface area (Å²) in [4.78, 5) is 27.4. The van der Waals surface area contributed by atoms with Crippen molar-refractivity contribution in [1.82, 2.24) is 19.9 Å². The number of nitrogens with zero attached hydrogens (tertiary/aromatic N) is 4. The Bertz CT molecular complexity index is 1920. The number of hydrogen-bond donors (Lipinski definition) is 2. The summed E-state index contributed by atoms with van der Waals surface area (Å²) in [6, 6.07) is 10.8. The molecule has 14 heteroatoms. The number of carbonyl (C=O) groups excluding carboxylic acids is 1. The summed E-state index contributed by atoms with van der Waals surface area (Å²) < 4.78 is 69.4. The highest BCUT2D eigenvalue weighted by Gasteiger charge is 2.33. The molecule has 2 aromatic carbocycles. The lowest BCUT2D eigenvalue weighted by molar-refractivity contribution is 0.0124. The molecule has 256 valence electrons. The smallest absolute Gasteiger partial charge is 0.410 e. The van der Waals surface area contributed by atoms with Crippen LogP contribution in [0.4, 0.5) is 25.2 Å². The first-order valence-electron chi connectivity index (χ1n) is 15.7. The number of nitrogens with one attached hydrogen (secondary N) is 2. The van der Waals surface area contributed by atoms with Gasteiger partial charge in [0.25, 0.3) is 0 Å². The molecule has 1 fully saturated rings. The minimum atomic E-state index is -3.81. The number of rotatable bonds is 9. The maximum Gasteiger partial charge on any atom is 0.410 e. The molecule has 0 bridgehead atoms. The van der Waals surface area contributed by atoms with Crippen molar-refractivity contribution < 1.29 is 31.5 Å². The molecule has 2 atom stereocenters. The number of sulfonamides is 1. The molecule has 1 saturated heterocycles. The van der Waals surface area contributed by atoms with Crippen LogP contribution < -0.4 is 14.8 Å². The summed E-state index contributed by atoms with van der Waals surface area (Å²) in [5, 5.41) is 3.96. The molecule has 11 nitrogen and oxygen atoms in total.